The van der Waals surface area contributed by atoms with Crippen molar-refractivity contribution >= 4 is 5.91 Å². The summed E-state index contributed by atoms with van der Waals surface area (Å²) in [6.45, 7) is 9.87. The molecule has 1 amide bonds. The predicted molar refractivity (Wildman–Crippen MR) is 99.7 cm³/mol. The number of benzene rings is 1. The van der Waals surface area contributed by atoms with Crippen LogP contribution in [-0.4, -0.2) is 30.4 Å². The number of carbonyl (C=O) groups excluding carboxylic acids is 1. The Bertz CT molecular complexity index is 690. The first-order chi connectivity index (χ1) is 12.0. The number of nitrogens with one attached hydrogen (secondary N) is 1. The van der Waals surface area contributed by atoms with Crippen molar-refractivity contribution in [2.45, 2.75) is 40.2 Å². The second-order valence-electron chi connectivity index (χ2n) is 7.28. The summed E-state index contributed by atoms with van der Waals surface area (Å²) < 4.78 is 5.42. The van der Waals surface area contributed by atoms with Gasteiger partial charge in [-0.15, -0.1) is 0 Å². The average molecular weight is 340 g/mol. The maximum atomic E-state index is 12.6. The van der Waals surface area contributed by atoms with E-state index in [1.54, 1.807) is 6.26 Å². The van der Waals surface area contributed by atoms with Crippen molar-refractivity contribution in [1.29, 1.82) is 0 Å². The molecular weight excluding hydrogens is 312 g/mol. The van der Waals surface area contributed by atoms with Gasteiger partial charge in [0.25, 0.3) is 5.91 Å². The first kappa shape index (κ1) is 17.7. The second kappa shape index (κ2) is 7.87. The summed E-state index contributed by atoms with van der Waals surface area (Å²) in [5, 5.41) is 3.15. The number of rotatable bonds is 5. The van der Waals surface area contributed by atoms with Crippen LogP contribution in [0.4, 0.5) is 0 Å². The van der Waals surface area contributed by atoms with E-state index in [2.05, 4.69) is 29.3 Å². The van der Waals surface area contributed by atoms with E-state index >= 15 is 0 Å². The van der Waals surface area contributed by atoms with E-state index in [1.165, 1.54) is 5.56 Å². The highest BCUT2D eigenvalue weighted by Crippen LogP contribution is 2.20. The molecular formula is C21H28N2O2. The molecule has 1 aromatic heterocycles. The summed E-state index contributed by atoms with van der Waals surface area (Å²) >= 11 is 0. The third kappa shape index (κ3) is 4.51. The molecule has 0 saturated carbocycles. The van der Waals surface area contributed by atoms with Gasteiger partial charge in [0.2, 0.25) is 0 Å². The number of aryl methyl sites for hydroxylation is 3. The van der Waals surface area contributed by atoms with Crippen LogP contribution in [0.25, 0.3) is 0 Å². The minimum absolute atomic E-state index is 0.0630. The molecule has 1 N–H and O–H groups in total. The summed E-state index contributed by atoms with van der Waals surface area (Å²) in [5.41, 5.74) is 4.16. The number of likely N-dealkylation sites (tertiary alicyclic amines) is 1. The third-order valence-corrected chi connectivity index (χ3v) is 5.12. The number of hydrogen-bond acceptors (Lipinski definition) is 3. The molecule has 1 aliphatic rings. The van der Waals surface area contributed by atoms with E-state index in [0.717, 1.165) is 61.5 Å². The average Bonchev–Trinajstić information content (AvgIpc) is 3.06. The number of hydrogen-bond donors (Lipinski definition) is 1. The molecule has 1 aliphatic heterocycles. The molecule has 1 fully saturated rings. The normalized spacial score (nSPS) is 16.1. The number of piperidine rings is 1. The third-order valence-electron chi connectivity index (χ3n) is 5.12. The summed E-state index contributed by atoms with van der Waals surface area (Å²) in [5.74, 6) is 1.65. The van der Waals surface area contributed by atoms with Crippen molar-refractivity contribution in [3.63, 3.8) is 0 Å². The van der Waals surface area contributed by atoms with Crippen LogP contribution in [0.1, 0.15) is 45.7 Å². The van der Waals surface area contributed by atoms with Gasteiger partial charge in [-0.2, -0.15) is 0 Å². The van der Waals surface area contributed by atoms with Crippen molar-refractivity contribution in [2.24, 2.45) is 5.92 Å². The lowest BCUT2D eigenvalue weighted by Gasteiger charge is -2.31. The highest BCUT2D eigenvalue weighted by Gasteiger charge is 2.21. The Morgan fingerprint density at radius 2 is 1.88 bits per heavy atom. The van der Waals surface area contributed by atoms with Crippen LogP contribution in [0.2, 0.25) is 0 Å². The van der Waals surface area contributed by atoms with Gasteiger partial charge < -0.3 is 9.73 Å². The van der Waals surface area contributed by atoms with Gasteiger partial charge in [0.05, 0.1) is 12.8 Å². The predicted octanol–water partition coefficient (Wildman–Crippen LogP) is 3.85. The fourth-order valence-electron chi connectivity index (χ4n) is 3.84. The fourth-order valence-corrected chi connectivity index (χ4v) is 3.84. The molecule has 25 heavy (non-hydrogen) atoms. The molecule has 4 heteroatoms. The Kier molecular flexibility index (Phi) is 5.59. The van der Waals surface area contributed by atoms with Gasteiger partial charge in [-0.25, -0.2) is 0 Å². The summed E-state index contributed by atoms with van der Waals surface area (Å²) in [7, 11) is 0. The Labute approximate surface area is 150 Å². The van der Waals surface area contributed by atoms with E-state index in [4.69, 9.17) is 4.42 Å². The van der Waals surface area contributed by atoms with E-state index in [9.17, 15) is 4.79 Å². The quantitative estimate of drug-likeness (QED) is 0.899. The van der Waals surface area contributed by atoms with Gasteiger partial charge in [-0.1, -0.05) is 17.7 Å². The topological polar surface area (TPSA) is 45.5 Å². The van der Waals surface area contributed by atoms with E-state index in [-0.39, 0.29) is 5.91 Å². The van der Waals surface area contributed by atoms with Crippen LogP contribution in [-0.2, 0) is 6.54 Å². The van der Waals surface area contributed by atoms with Gasteiger partial charge in [0.15, 0.2) is 0 Å². The lowest BCUT2D eigenvalue weighted by molar-refractivity contribution is 0.0933. The van der Waals surface area contributed by atoms with Crippen LogP contribution in [0.15, 0.2) is 34.9 Å². The smallest absolute Gasteiger partial charge is 0.251 e. The molecule has 2 aromatic rings. The first-order valence-corrected chi connectivity index (χ1v) is 9.13. The van der Waals surface area contributed by atoms with Crippen LogP contribution < -0.4 is 5.32 Å². The monoisotopic (exact) mass is 340 g/mol. The molecule has 3 rings (SSSR count). The number of furan rings is 1. The van der Waals surface area contributed by atoms with Gasteiger partial charge in [-0.3, -0.25) is 9.69 Å². The largest absolute Gasteiger partial charge is 0.468 e. The molecule has 0 atom stereocenters. The lowest BCUT2D eigenvalue weighted by atomic mass is 9.95. The Hall–Kier alpha value is -2.07. The summed E-state index contributed by atoms with van der Waals surface area (Å²) in [4.78, 5) is 15.0. The zero-order chi connectivity index (χ0) is 17.8. The summed E-state index contributed by atoms with van der Waals surface area (Å²) in [6.07, 6.45) is 3.96. The molecule has 1 saturated heterocycles. The highest BCUT2D eigenvalue weighted by molar-refractivity contribution is 5.97. The van der Waals surface area contributed by atoms with Crippen LogP contribution in [0.5, 0.6) is 0 Å². The molecule has 0 spiro atoms. The Morgan fingerprint density at radius 1 is 1.20 bits per heavy atom. The summed E-state index contributed by atoms with van der Waals surface area (Å²) in [6, 6.07) is 8.12. The Balaban J connectivity index is 1.47. The van der Waals surface area contributed by atoms with E-state index < -0.39 is 0 Å². The van der Waals surface area contributed by atoms with Crippen LogP contribution >= 0.6 is 0 Å². The fraction of sp³-hybridized carbons (Fsp3) is 0.476. The second-order valence-corrected chi connectivity index (χ2v) is 7.28. The van der Waals surface area contributed by atoms with Crippen molar-refractivity contribution in [3.8, 4) is 0 Å². The zero-order valence-electron chi connectivity index (χ0n) is 15.5. The maximum Gasteiger partial charge on any atom is 0.251 e. The molecule has 4 nitrogen and oxygen atoms in total. The van der Waals surface area contributed by atoms with Gasteiger partial charge in [0.1, 0.15) is 5.76 Å². The Morgan fingerprint density at radius 3 is 2.48 bits per heavy atom. The first-order valence-electron chi connectivity index (χ1n) is 9.13. The van der Waals surface area contributed by atoms with Crippen LogP contribution in [0.3, 0.4) is 0 Å². The molecule has 1 aromatic carbocycles. The zero-order valence-corrected chi connectivity index (χ0v) is 15.5. The molecule has 0 bridgehead atoms. The standard InChI is InChI=1S/C21H28N2O2/c1-15-11-16(2)20(17(3)12-15)21(24)22-13-18-6-8-23(9-7-18)14-19-5-4-10-25-19/h4-5,10-12,18H,6-9,13-14H2,1-3H3,(H,22,24). The van der Waals surface area contributed by atoms with Gasteiger partial charge >= 0.3 is 0 Å². The van der Waals surface area contributed by atoms with Gasteiger partial charge in [0, 0.05) is 12.1 Å². The number of carbonyl (C=O) groups is 1. The lowest BCUT2D eigenvalue weighted by Crippen LogP contribution is -2.38. The van der Waals surface area contributed by atoms with Crippen molar-refractivity contribution < 1.29 is 9.21 Å². The molecule has 0 radical (unpaired) electrons. The van der Waals surface area contributed by atoms with E-state index in [0.29, 0.717) is 5.92 Å². The number of nitrogens with zero attached hydrogens (tertiary/aromatic N) is 1. The maximum absolute atomic E-state index is 12.6. The SMILES string of the molecule is Cc1cc(C)c(C(=O)NCC2CCN(Cc3ccco3)CC2)c(C)c1. The van der Waals surface area contributed by atoms with Crippen molar-refractivity contribution in [2.75, 3.05) is 19.6 Å². The highest BCUT2D eigenvalue weighted by atomic mass is 16.3. The van der Waals surface area contributed by atoms with Crippen LogP contribution in [0, 0.1) is 26.7 Å². The molecule has 0 unspecified atom stereocenters. The van der Waals surface area contributed by atoms with E-state index in [1.807, 2.05) is 26.0 Å². The molecule has 2 heterocycles. The van der Waals surface area contributed by atoms with Gasteiger partial charge in [-0.05, 0) is 75.9 Å². The molecule has 134 valence electrons. The van der Waals surface area contributed by atoms with Crippen molar-refractivity contribution in [1.82, 2.24) is 10.2 Å². The van der Waals surface area contributed by atoms with Crippen molar-refractivity contribution in [3.05, 3.63) is 58.5 Å². The minimum atomic E-state index is 0.0630. The minimum Gasteiger partial charge on any atom is -0.468 e. The number of amides is 1. The molecule has 0 aliphatic carbocycles.